The Balaban J connectivity index is 2.40. The van der Waals surface area contributed by atoms with E-state index in [1.165, 1.54) is 0 Å². The van der Waals surface area contributed by atoms with Crippen LogP contribution in [0, 0.1) is 12.8 Å². The lowest BCUT2D eigenvalue weighted by Crippen LogP contribution is -2.24. The first-order valence-electron chi connectivity index (χ1n) is 4.75. The normalized spacial score (nSPS) is 13.6. The van der Waals surface area contributed by atoms with Crippen LogP contribution in [-0.2, 0) is 6.42 Å². The van der Waals surface area contributed by atoms with E-state index in [4.69, 9.17) is 10.3 Å². The first-order chi connectivity index (χ1) is 6.08. The van der Waals surface area contributed by atoms with Crippen molar-refractivity contribution >= 4 is 0 Å². The van der Waals surface area contributed by atoms with Crippen LogP contribution in [0.5, 0.6) is 0 Å². The van der Waals surface area contributed by atoms with Crippen molar-refractivity contribution < 1.29 is 4.52 Å². The number of hydrogen-bond acceptors (Lipinski definition) is 3. The Morgan fingerprint density at radius 2 is 2.23 bits per heavy atom. The van der Waals surface area contributed by atoms with E-state index in [0.29, 0.717) is 5.92 Å². The number of rotatable bonds is 4. The molecule has 0 aromatic carbocycles. The quantitative estimate of drug-likeness (QED) is 0.773. The van der Waals surface area contributed by atoms with Crippen molar-refractivity contribution in [1.82, 2.24) is 5.16 Å². The summed E-state index contributed by atoms with van der Waals surface area (Å²) in [5, 5.41) is 3.91. The molecule has 0 aliphatic carbocycles. The van der Waals surface area contributed by atoms with E-state index in [0.717, 1.165) is 24.3 Å². The Morgan fingerprint density at radius 1 is 1.54 bits per heavy atom. The lowest BCUT2D eigenvalue weighted by atomic mass is 10.0. The van der Waals surface area contributed by atoms with Crippen LogP contribution in [0.2, 0.25) is 0 Å². The van der Waals surface area contributed by atoms with E-state index in [9.17, 15) is 0 Å². The second-order valence-electron chi connectivity index (χ2n) is 4.02. The lowest BCUT2D eigenvalue weighted by Gasteiger charge is -2.11. The smallest absolute Gasteiger partial charge is 0.133 e. The number of hydrogen-bond donors (Lipinski definition) is 1. The third-order valence-corrected chi connectivity index (χ3v) is 1.92. The van der Waals surface area contributed by atoms with Crippen molar-refractivity contribution in [2.45, 2.75) is 39.7 Å². The monoisotopic (exact) mass is 182 g/mol. The van der Waals surface area contributed by atoms with E-state index < -0.39 is 0 Å². The maximum Gasteiger partial charge on any atom is 0.133 e. The first-order valence-corrected chi connectivity index (χ1v) is 4.75. The molecule has 0 saturated heterocycles. The van der Waals surface area contributed by atoms with Gasteiger partial charge in [-0.2, -0.15) is 0 Å². The highest BCUT2D eigenvalue weighted by Crippen LogP contribution is 2.09. The average molecular weight is 182 g/mol. The molecule has 0 bridgehead atoms. The molecule has 0 amide bonds. The summed E-state index contributed by atoms with van der Waals surface area (Å²) >= 11 is 0. The highest BCUT2D eigenvalue weighted by atomic mass is 16.5. The van der Waals surface area contributed by atoms with Crippen LogP contribution in [0.4, 0.5) is 0 Å². The van der Waals surface area contributed by atoms with Crippen LogP contribution in [0.3, 0.4) is 0 Å². The number of aromatic nitrogens is 1. The maximum atomic E-state index is 5.93. The van der Waals surface area contributed by atoms with Gasteiger partial charge in [-0.3, -0.25) is 0 Å². The summed E-state index contributed by atoms with van der Waals surface area (Å²) in [5.41, 5.74) is 6.90. The van der Waals surface area contributed by atoms with E-state index in [2.05, 4.69) is 19.0 Å². The summed E-state index contributed by atoms with van der Waals surface area (Å²) in [7, 11) is 0. The standard InChI is InChI=1S/C10H18N2O/c1-7(2)4-9(11)6-10-5-8(3)13-12-10/h5,7,9H,4,6,11H2,1-3H3/t9-/m0/s1. The van der Waals surface area contributed by atoms with Crippen LogP contribution in [0.25, 0.3) is 0 Å². The zero-order chi connectivity index (χ0) is 9.84. The van der Waals surface area contributed by atoms with Gasteiger partial charge < -0.3 is 10.3 Å². The fraction of sp³-hybridized carbons (Fsp3) is 0.700. The third-order valence-electron chi connectivity index (χ3n) is 1.92. The second kappa shape index (κ2) is 4.42. The molecule has 0 aliphatic rings. The van der Waals surface area contributed by atoms with Gasteiger partial charge in [0.15, 0.2) is 0 Å². The topological polar surface area (TPSA) is 52.0 Å². The van der Waals surface area contributed by atoms with E-state index in [-0.39, 0.29) is 6.04 Å². The Bertz CT molecular complexity index is 255. The third kappa shape index (κ3) is 3.59. The van der Waals surface area contributed by atoms with Crippen molar-refractivity contribution in [2.75, 3.05) is 0 Å². The molecule has 0 fully saturated rings. The van der Waals surface area contributed by atoms with Gasteiger partial charge in [0.2, 0.25) is 0 Å². The van der Waals surface area contributed by atoms with Crippen molar-refractivity contribution in [3.63, 3.8) is 0 Å². The zero-order valence-electron chi connectivity index (χ0n) is 8.58. The SMILES string of the molecule is Cc1cc(C[C@@H](N)CC(C)C)no1. The van der Waals surface area contributed by atoms with E-state index >= 15 is 0 Å². The summed E-state index contributed by atoms with van der Waals surface area (Å²) < 4.78 is 4.96. The molecule has 1 heterocycles. The molecule has 1 atom stereocenters. The number of aryl methyl sites for hydroxylation is 1. The molecule has 0 radical (unpaired) electrons. The summed E-state index contributed by atoms with van der Waals surface area (Å²) in [6.45, 7) is 6.24. The van der Waals surface area contributed by atoms with Crippen molar-refractivity contribution in [2.24, 2.45) is 11.7 Å². The fourth-order valence-electron chi connectivity index (χ4n) is 1.47. The van der Waals surface area contributed by atoms with Crippen molar-refractivity contribution in [3.05, 3.63) is 17.5 Å². The fourth-order valence-corrected chi connectivity index (χ4v) is 1.47. The van der Waals surface area contributed by atoms with Crippen molar-refractivity contribution in [1.29, 1.82) is 0 Å². The lowest BCUT2D eigenvalue weighted by molar-refractivity contribution is 0.385. The average Bonchev–Trinajstić information content (AvgIpc) is 2.33. The van der Waals surface area contributed by atoms with Gasteiger partial charge in [0.25, 0.3) is 0 Å². The van der Waals surface area contributed by atoms with Crippen LogP contribution < -0.4 is 5.73 Å². The predicted molar refractivity (Wildman–Crippen MR) is 52.4 cm³/mol. The van der Waals surface area contributed by atoms with E-state index in [1.54, 1.807) is 0 Å². The van der Waals surface area contributed by atoms with Crippen LogP contribution in [-0.4, -0.2) is 11.2 Å². The minimum absolute atomic E-state index is 0.199. The van der Waals surface area contributed by atoms with Gasteiger partial charge in [-0.15, -0.1) is 0 Å². The number of nitrogens with zero attached hydrogens (tertiary/aromatic N) is 1. The zero-order valence-corrected chi connectivity index (χ0v) is 8.58. The van der Waals surface area contributed by atoms with Crippen molar-refractivity contribution in [3.8, 4) is 0 Å². The van der Waals surface area contributed by atoms with E-state index in [1.807, 2.05) is 13.0 Å². The Labute approximate surface area is 79.3 Å². The maximum absolute atomic E-state index is 5.93. The summed E-state index contributed by atoms with van der Waals surface area (Å²) in [5.74, 6) is 1.50. The van der Waals surface area contributed by atoms with Crippen LogP contribution in [0.15, 0.2) is 10.6 Å². The highest BCUT2D eigenvalue weighted by molar-refractivity contribution is 5.04. The second-order valence-corrected chi connectivity index (χ2v) is 4.02. The number of nitrogens with two attached hydrogens (primary N) is 1. The van der Waals surface area contributed by atoms with Gasteiger partial charge in [0.1, 0.15) is 5.76 Å². The van der Waals surface area contributed by atoms with Crippen LogP contribution in [0.1, 0.15) is 31.7 Å². The van der Waals surface area contributed by atoms with Gasteiger partial charge in [-0.25, -0.2) is 0 Å². The molecule has 3 heteroatoms. The van der Waals surface area contributed by atoms with Gasteiger partial charge in [-0.1, -0.05) is 19.0 Å². The highest BCUT2D eigenvalue weighted by Gasteiger charge is 2.09. The molecular weight excluding hydrogens is 164 g/mol. The molecule has 74 valence electrons. The van der Waals surface area contributed by atoms with Crippen LogP contribution >= 0.6 is 0 Å². The molecule has 0 unspecified atom stereocenters. The molecule has 1 aromatic rings. The Hall–Kier alpha value is -0.830. The van der Waals surface area contributed by atoms with Gasteiger partial charge >= 0.3 is 0 Å². The summed E-state index contributed by atoms with van der Waals surface area (Å²) in [4.78, 5) is 0. The summed E-state index contributed by atoms with van der Waals surface area (Å²) in [6.07, 6.45) is 1.85. The molecule has 13 heavy (non-hydrogen) atoms. The molecular formula is C10H18N2O. The predicted octanol–water partition coefficient (Wildman–Crippen LogP) is 1.90. The molecule has 1 aromatic heterocycles. The minimum atomic E-state index is 0.199. The Kier molecular flexibility index (Phi) is 3.48. The molecule has 0 aliphatic heterocycles. The van der Waals surface area contributed by atoms with Gasteiger partial charge in [0.05, 0.1) is 5.69 Å². The first kappa shape index (κ1) is 10.3. The Morgan fingerprint density at radius 3 is 2.69 bits per heavy atom. The minimum Gasteiger partial charge on any atom is -0.361 e. The van der Waals surface area contributed by atoms with Gasteiger partial charge in [-0.05, 0) is 19.3 Å². The molecule has 0 saturated carbocycles. The molecule has 0 spiro atoms. The summed E-state index contributed by atoms with van der Waals surface area (Å²) in [6, 6.07) is 2.14. The molecule has 3 nitrogen and oxygen atoms in total. The largest absolute Gasteiger partial charge is 0.361 e. The molecule has 2 N–H and O–H groups in total. The molecule has 1 rings (SSSR count). The van der Waals surface area contributed by atoms with Gasteiger partial charge in [0, 0.05) is 18.5 Å².